The number of rotatable bonds is 9. The fourth-order valence-corrected chi connectivity index (χ4v) is 5.19. The van der Waals surface area contributed by atoms with Crippen molar-refractivity contribution in [1.82, 2.24) is 9.21 Å². The minimum Gasteiger partial charge on any atom is -0.493 e. The number of ether oxygens (including phenoxy) is 2. The van der Waals surface area contributed by atoms with Gasteiger partial charge < -0.3 is 14.4 Å². The second-order valence-electron chi connectivity index (χ2n) is 8.44. The van der Waals surface area contributed by atoms with Gasteiger partial charge in [0.2, 0.25) is 15.9 Å². The summed E-state index contributed by atoms with van der Waals surface area (Å²) in [5.74, 6) is 1.31. The van der Waals surface area contributed by atoms with Crippen LogP contribution in [0.5, 0.6) is 11.5 Å². The third kappa shape index (κ3) is 6.07. The van der Waals surface area contributed by atoms with Gasteiger partial charge in [-0.3, -0.25) is 4.79 Å². The average molecular weight is 486 g/mol. The molecule has 3 rings (SSSR count). The van der Waals surface area contributed by atoms with Crippen molar-refractivity contribution in [1.29, 1.82) is 5.26 Å². The van der Waals surface area contributed by atoms with Gasteiger partial charge in [-0.2, -0.15) is 9.57 Å². The Kier molecular flexibility index (Phi) is 8.53. The van der Waals surface area contributed by atoms with Gasteiger partial charge in [-0.25, -0.2) is 8.42 Å². The molecule has 9 heteroatoms. The quantitative estimate of drug-likeness (QED) is 0.505. The van der Waals surface area contributed by atoms with Gasteiger partial charge >= 0.3 is 0 Å². The van der Waals surface area contributed by atoms with E-state index in [4.69, 9.17) is 14.7 Å². The zero-order chi connectivity index (χ0) is 24.7. The molecule has 0 atom stereocenters. The van der Waals surface area contributed by atoms with Gasteiger partial charge in [0.25, 0.3) is 0 Å². The Labute approximate surface area is 201 Å². The molecule has 0 aromatic heterocycles. The number of carbonyl (C=O) groups is 1. The number of nitrogens with zero attached hydrogens (tertiary/aromatic N) is 3. The predicted molar refractivity (Wildman–Crippen MR) is 128 cm³/mol. The number of carbonyl (C=O) groups excluding carboxylic acids is 1. The molecule has 1 fully saturated rings. The van der Waals surface area contributed by atoms with Crippen LogP contribution >= 0.6 is 0 Å². The molecular weight excluding hydrogens is 454 g/mol. The molecule has 1 aliphatic heterocycles. The number of sulfonamides is 1. The number of amides is 1. The Hall–Kier alpha value is -3.09. The maximum atomic E-state index is 13.0. The molecule has 2 aromatic carbocycles. The van der Waals surface area contributed by atoms with Gasteiger partial charge in [-0.15, -0.1) is 0 Å². The monoisotopic (exact) mass is 485 g/mol. The van der Waals surface area contributed by atoms with E-state index in [0.717, 1.165) is 5.56 Å². The lowest BCUT2D eigenvalue weighted by molar-refractivity contribution is -0.132. The third-order valence-electron chi connectivity index (χ3n) is 5.86. The SMILES string of the molecule is COc1cc(C#N)ccc1OCCCC(=O)N1CCN(S(=O)(=O)c2ccc(C(C)C)cc2)CC1. The van der Waals surface area contributed by atoms with Crippen LogP contribution in [-0.4, -0.2) is 63.4 Å². The number of methoxy groups -OCH3 is 1. The van der Waals surface area contributed by atoms with E-state index in [1.807, 2.05) is 18.2 Å². The van der Waals surface area contributed by atoms with Gasteiger partial charge in [-0.05, 0) is 42.2 Å². The van der Waals surface area contributed by atoms with Crippen molar-refractivity contribution in [3.05, 3.63) is 53.6 Å². The van der Waals surface area contributed by atoms with Crippen molar-refractivity contribution in [3.8, 4) is 17.6 Å². The highest BCUT2D eigenvalue weighted by molar-refractivity contribution is 7.89. The summed E-state index contributed by atoms with van der Waals surface area (Å²) >= 11 is 0. The van der Waals surface area contributed by atoms with Gasteiger partial charge in [-0.1, -0.05) is 26.0 Å². The van der Waals surface area contributed by atoms with Crippen molar-refractivity contribution in [2.75, 3.05) is 39.9 Å². The van der Waals surface area contributed by atoms with Crippen LogP contribution in [-0.2, 0) is 14.8 Å². The van der Waals surface area contributed by atoms with Crippen LogP contribution in [0.25, 0.3) is 0 Å². The van der Waals surface area contributed by atoms with E-state index in [-0.39, 0.29) is 23.9 Å². The van der Waals surface area contributed by atoms with Crippen molar-refractivity contribution < 1.29 is 22.7 Å². The molecule has 0 saturated carbocycles. The highest BCUT2D eigenvalue weighted by atomic mass is 32.2. The molecule has 1 heterocycles. The van der Waals surface area contributed by atoms with E-state index in [9.17, 15) is 13.2 Å². The summed E-state index contributed by atoms with van der Waals surface area (Å²) in [7, 11) is -2.07. The van der Waals surface area contributed by atoms with E-state index in [0.29, 0.717) is 55.5 Å². The van der Waals surface area contributed by atoms with Crippen LogP contribution in [0.15, 0.2) is 47.4 Å². The second-order valence-corrected chi connectivity index (χ2v) is 10.4. The largest absolute Gasteiger partial charge is 0.493 e. The lowest BCUT2D eigenvalue weighted by Crippen LogP contribution is -2.50. The summed E-state index contributed by atoms with van der Waals surface area (Å²) in [6.45, 7) is 5.75. The summed E-state index contributed by atoms with van der Waals surface area (Å²) in [6, 6.07) is 14.0. The molecule has 0 N–H and O–H groups in total. The van der Waals surface area contributed by atoms with E-state index in [1.54, 1.807) is 35.2 Å². The lowest BCUT2D eigenvalue weighted by Gasteiger charge is -2.34. The van der Waals surface area contributed by atoms with Crippen molar-refractivity contribution in [2.24, 2.45) is 0 Å². The van der Waals surface area contributed by atoms with E-state index in [2.05, 4.69) is 13.8 Å². The van der Waals surface area contributed by atoms with Gasteiger partial charge in [0.15, 0.2) is 11.5 Å². The first kappa shape index (κ1) is 25.5. The molecule has 1 aliphatic rings. The second kappa shape index (κ2) is 11.4. The summed E-state index contributed by atoms with van der Waals surface area (Å²) in [4.78, 5) is 14.6. The first-order valence-corrected chi connectivity index (χ1v) is 12.8. The molecule has 0 radical (unpaired) electrons. The summed E-state index contributed by atoms with van der Waals surface area (Å²) < 4.78 is 38.3. The van der Waals surface area contributed by atoms with Crippen molar-refractivity contribution >= 4 is 15.9 Å². The minimum absolute atomic E-state index is 0.0197. The van der Waals surface area contributed by atoms with Crippen molar-refractivity contribution in [3.63, 3.8) is 0 Å². The highest BCUT2D eigenvalue weighted by Crippen LogP contribution is 2.28. The Bertz CT molecular complexity index is 1130. The van der Waals surface area contributed by atoms with E-state index in [1.165, 1.54) is 11.4 Å². The Morgan fingerprint density at radius 1 is 1.06 bits per heavy atom. The normalized spacial score (nSPS) is 14.6. The highest BCUT2D eigenvalue weighted by Gasteiger charge is 2.30. The zero-order valence-corrected chi connectivity index (χ0v) is 20.7. The first-order valence-electron chi connectivity index (χ1n) is 11.3. The summed E-state index contributed by atoms with van der Waals surface area (Å²) in [6.07, 6.45) is 0.824. The summed E-state index contributed by atoms with van der Waals surface area (Å²) in [5, 5.41) is 8.97. The topological polar surface area (TPSA) is 99.9 Å². The number of hydrogen-bond donors (Lipinski definition) is 0. The molecule has 8 nitrogen and oxygen atoms in total. The summed E-state index contributed by atoms with van der Waals surface area (Å²) in [5.41, 5.74) is 1.57. The standard InChI is InChI=1S/C25H31N3O5S/c1-19(2)21-7-9-22(10-8-21)34(30,31)28-14-12-27(13-15-28)25(29)5-4-16-33-23-11-6-20(18-26)17-24(23)32-3/h6-11,17,19H,4-5,12-16H2,1-3H3. The fraction of sp³-hybridized carbons (Fsp3) is 0.440. The van der Waals surface area contributed by atoms with Gasteiger partial charge in [0, 0.05) is 38.7 Å². The maximum Gasteiger partial charge on any atom is 0.243 e. The Balaban J connectivity index is 1.46. The van der Waals surface area contributed by atoms with Gasteiger partial charge in [0.05, 0.1) is 30.2 Å². The van der Waals surface area contributed by atoms with Crippen LogP contribution in [0, 0.1) is 11.3 Å². The van der Waals surface area contributed by atoms with E-state index >= 15 is 0 Å². The fourth-order valence-electron chi connectivity index (χ4n) is 3.77. The maximum absolute atomic E-state index is 13.0. The Morgan fingerprint density at radius 3 is 2.32 bits per heavy atom. The molecule has 1 amide bonds. The van der Waals surface area contributed by atoms with E-state index < -0.39 is 10.0 Å². The molecule has 2 aromatic rings. The third-order valence-corrected chi connectivity index (χ3v) is 7.77. The number of nitriles is 1. The molecular formula is C25H31N3O5S. The van der Waals surface area contributed by atoms with Gasteiger partial charge in [0.1, 0.15) is 0 Å². The van der Waals surface area contributed by atoms with Crippen LogP contribution in [0.1, 0.15) is 43.7 Å². The Morgan fingerprint density at radius 2 is 1.74 bits per heavy atom. The molecule has 0 unspecified atom stereocenters. The van der Waals surface area contributed by atoms with Crippen LogP contribution in [0.2, 0.25) is 0 Å². The molecule has 0 spiro atoms. The molecule has 0 bridgehead atoms. The number of hydrogen-bond acceptors (Lipinski definition) is 6. The minimum atomic E-state index is -3.57. The smallest absolute Gasteiger partial charge is 0.243 e. The molecule has 182 valence electrons. The van der Waals surface area contributed by atoms with Crippen LogP contribution in [0.3, 0.4) is 0 Å². The predicted octanol–water partition coefficient (Wildman–Crippen LogP) is 3.38. The number of piperazine rings is 1. The molecule has 34 heavy (non-hydrogen) atoms. The van der Waals surface area contributed by atoms with Crippen LogP contribution < -0.4 is 9.47 Å². The molecule has 1 saturated heterocycles. The molecule has 0 aliphatic carbocycles. The lowest BCUT2D eigenvalue weighted by atomic mass is 10.0. The zero-order valence-electron chi connectivity index (χ0n) is 19.9. The average Bonchev–Trinajstić information content (AvgIpc) is 2.86. The van der Waals surface area contributed by atoms with Crippen molar-refractivity contribution in [2.45, 2.75) is 37.5 Å². The van der Waals surface area contributed by atoms with Crippen LogP contribution in [0.4, 0.5) is 0 Å². The number of benzene rings is 2. The first-order chi connectivity index (χ1) is 16.3.